The van der Waals surface area contributed by atoms with Crippen LogP contribution in [0.25, 0.3) is 0 Å². The Bertz CT molecular complexity index is 392. The first-order valence-electron chi connectivity index (χ1n) is 7.43. The van der Waals surface area contributed by atoms with Crippen LogP contribution in [0.15, 0.2) is 0 Å². The summed E-state index contributed by atoms with van der Waals surface area (Å²) in [6.45, 7) is 3.27. The van der Waals surface area contributed by atoms with Crippen LogP contribution in [0.5, 0.6) is 0 Å². The van der Waals surface area contributed by atoms with Crippen molar-refractivity contribution in [2.75, 3.05) is 13.1 Å². The van der Waals surface area contributed by atoms with Crippen molar-refractivity contribution < 1.29 is 9.59 Å². The molecule has 1 saturated carbocycles. The molecule has 106 valence electrons. The van der Waals surface area contributed by atoms with Gasteiger partial charge in [-0.2, -0.15) is 0 Å². The standard InChI is InChI=1S/C14H23N3O2/c1-9(15)14(19)16-7-6-12-10(8-16)2-5-13(18)17(12)11-3-4-11/h9-12H,2-8,15H2,1H3/t9-,10?,12?/m1/s1. The van der Waals surface area contributed by atoms with Gasteiger partial charge in [-0.1, -0.05) is 0 Å². The Labute approximate surface area is 114 Å². The lowest BCUT2D eigenvalue weighted by molar-refractivity contribution is -0.145. The van der Waals surface area contributed by atoms with E-state index in [1.807, 2.05) is 4.90 Å². The van der Waals surface area contributed by atoms with Gasteiger partial charge in [0.1, 0.15) is 0 Å². The number of fused-ring (bicyclic) bond motifs is 1. The van der Waals surface area contributed by atoms with E-state index in [2.05, 4.69) is 4.90 Å². The average molecular weight is 265 g/mol. The first-order chi connectivity index (χ1) is 9.08. The fourth-order valence-electron chi connectivity index (χ4n) is 3.61. The van der Waals surface area contributed by atoms with Crippen molar-refractivity contribution in [3.05, 3.63) is 0 Å². The molecule has 0 aromatic carbocycles. The molecular formula is C14H23N3O2. The van der Waals surface area contributed by atoms with Gasteiger partial charge in [0.15, 0.2) is 0 Å². The number of rotatable bonds is 2. The van der Waals surface area contributed by atoms with Crippen molar-refractivity contribution in [2.24, 2.45) is 11.7 Å². The first-order valence-corrected chi connectivity index (χ1v) is 7.43. The van der Waals surface area contributed by atoms with Crippen LogP contribution in [0, 0.1) is 5.92 Å². The summed E-state index contributed by atoms with van der Waals surface area (Å²) in [5.41, 5.74) is 5.69. The maximum Gasteiger partial charge on any atom is 0.239 e. The number of amides is 2. The van der Waals surface area contributed by atoms with Crippen LogP contribution >= 0.6 is 0 Å². The van der Waals surface area contributed by atoms with Gasteiger partial charge in [-0.05, 0) is 38.5 Å². The molecule has 19 heavy (non-hydrogen) atoms. The first kappa shape index (κ1) is 12.9. The van der Waals surface area contributed by atoms with Crippen LogP contribution in [0.1, 0.15) is 39.0 Å². The Balaban J connectivity index is 1.69. The zero-order valence-corrected chi connectivity index (χ0v) is 11.5. The highest BCUT2D eigenvalue weighted by Gasteiger charge is 2.45. The number of nitrogens with zero attached hydrogens (tertiary/aromatic N) is 2. The molecular weight excluding hydrogens is 242 g/mol. The van der Waals surface area contributed by atoms with Gasteiger partial charge >= 0.3 is 0 Å². The predicted molar refractivity (Wildman–Crippen MR) is 71.2 cm³/mol. The second kappa shape index (κ2) is 4.78. The molecule has 0 radical (unpaired) electrons. The Morgan fingerprint density at radius 1 is 1.32 bits per heavy atom. The summed E-state index contributed by atoms with van der Waals surface area (Å²) in [5, 5.41) is 0. The monoisotopic (exact) mass is 265 g/mol. The Morgan fingerprint density at radius 2 is 2.05 bits per heavy atom. The maximum atomic E-state index is 12.1. The summed E-state index contributed by atoms with van der Waals surface area (Å²) in [5.74, 6) is 0.832. The highest BCUT2D eigenvalue weighted by Crippen LogP contribution is 2.38. The molecule has 0 aromatic rings. The number of nitrogens with two attached hydrogens (primary N) is 1. The van der Waals surface area contributed by atoms with Crippen LogP contribution in [-0.4, -0.2) is 52.8 Å². The minimum Gasteiger partial charge on any atom is -0.341 e. The van der Waals surface area contributed by atoms with E-state index in [0.29, 0.717) is 30.3 Å². The molecule has 5 nitrogen and oxygen atoms in total. The van der Waals surface area contributed by atoms with E-state index in [9.17, 15) is 9.59 Å². The molecule has 2 N–H and O–H groups in total. The third-order valence-corrected chi connectivity index (χ3v) is 4.71. The third-order valence-electron chi connectivity index (χ3n) is 4.71. The van der Waals surface area contributed by atoms with Gasteiger partial charge in [0.25, 0.3) is 0 Å². The van der Waals surface area contributed by atoms with Crippen LogP contribution in [0.3, 0.4) is 0 Å². The van der Waals surface area contributed by atoms with Crippen LogP contribution in [0.2, 0.25) is 0 Å². The van der Waals surface area contributed by atoms with E-state index in [1.54, 1.807) is 6.92 Å². The Hall–Kier alpha value is -1.10. The molecule has 0 bridgehead atoms. The molecule has 2 amide bonds. The van der Waals surface area contributed by atoms with E-state index in [-0.39, 0.29) is 5.91 Å². The van der Waals surface area contributed by atoms with Crippen LogP contribution in [0.4, 0.5) is 0 Å². The summed E-state index contributed by atoms with van der Waals surface area (Å²) >= 11 is 0. The largest absolute Gasteiger partial charge is 0.341 e. The highest BCUT2D eigenvalue weighted by atomic mass is 16.2. The zero-order chi connectivity index (χ0) is 13.6. The van der Waals surface area contributed by atoms with Crippen LogP contribution < -0.4 is 5.73 Å². The van der Waals surface area contributed by atoms with Crippen molar-refractivity contribution in [2.45, 2.75) is 57.2 Å². The van der Waals surface area contributed by atoms with Gasteiger partial charge in [-0.25, -0.2) is 0 Å². The number of hydrogen-bond acceptors (Lipinski definition) is 3. The summed E-state index contributed by atoms with van der Waals surface area (Å²) in [6.07, 6.45) is 4.83. The second-order valence-corrected chi connectivity index (χ2v) is 6.26. The quantitative estimate of drug-likeness (QED) is 0.782. The van der Waals surface area contributed by atoms with E-state index in [1.165, 1.54) is 0 Å². The molecule has 2 unspecified atom stereocenters. The van der Waals surface area contributed by atoms with E-state index in [0.717, 1.165) is 38.8 Å². The minimum atomic E-state index is -0.415. The summed E-state index contributed by atoms with van der Waals surface area (Å²) in [7, 11) is 0. The molecule has 0 aromatic heterocycles. The zero-order valence-electron chi connectivity index (χ0n) is 11.5. The van der Waals surface area contributed by atoms with Crippen LogP contribution in [-0.2, 0) is 9.59 Å². The van der Waals surface area contributed by atoms with Gasteiger partial charge in [-0.15, -0.1) is 0 Å². The number of carbonyl (C=O) groups excluding carboxylic acids is 2. The third kappa shape index (κ3) is 2.36. The molecule has 3 aliphatic rings. The van der Waals surface area contributed by atoms with Crippen molar-refractivity contribution >= 4 is 11.8 Å². The Morgan fingerprint density at radius 3 is 2.68 bits per heavy atom. The molecule has 3 rings (SSSR count). The van der Waals surface area contributed by atoms with Gasteiger partial charge in [-0.3, -0.25) is 9.59 Å². The molecule has 2 aliphatic heterocycles. The molecule has 2 saturated heterocycles. The Kier molecular flexibility index (Phi) is 3.25. The van der Waals surface area contributed by atoms with Crippen molar-refractivity contribution in [3.63, 3.8) is 0 Å². The predicted octanol–water partition coefficient (Wildman–Crippen LogP) is 0.336. The minimum absolute atomic E-state index is 0.0494. The van der Waals surface area contributed by atoms with Gasteiger partial charge in [0.2, 0.25) is 11.8 Å². The molecule has 3 fully saturated rings. The SMILES string of the molecule is C[C@@H](N)C(=O)N1CCC2C(CCC(=O)N2C2CC2)C1. The fraction of sp³-hybridized carbons (Fsp3) is 0.857. The van der Waals surface area contributed by atoms with Crippen molar-refractivity contribution in [1.29, 1.82) is 0 Å². The molecule has 3 atom stereocenters. The number of likely N-dealkylation sites (tertiary alicyclic amines) is 2. The smallest absolute Gasteiger partial charge is 0.239 e. The van der Waals surface area contributed by atoms with E-state index in [4.69, 9.17) is 5.73 Å². The van der Waals surface area contributed by atoms with Crippen molar-refractivity contribution in [3.8, 4) is 0 Å². The lowest BCUT2D eigenvalue weighted by atomic mass is 9.83. The van der Waals surface area contributed by atoms with Gasteiger partial charge in [0, 0.05) is 31.6 Å². The van der Waals surface area contributed by atoms with E-state index >= 15 is 0 Å². The topological polar surface area (TPSA) is 66.6 Å². The molecule has 2 heterocycles. The molecule has 0 spiro atoms. The number of hydrogen-bond donors (Lipinski definition) is 1. The normalized spacial score (nSPS) is 33.1. The molecule has 5 heteroatoms. The average Bonchev–Trinajstić information content (AvgIpc) is 3.21. The maximum absolute atomic E-state index is 12.1. The molecule has 1 aliphatic carbocycles. The lowest BCUT2D eigenvalue weighted by Gasteiger charge is -2.47. The number of carbonyl (C=O) groups is 2. The van der Waals surface area contributed by atoms with Crippen molar-refractivity contribution in [1.82, 2.24) is 9.80 Å². The summed E-state index contributed by atoms with van der Waals surface area (Å²) in [6, 6.07) is 0.447. The highest BCUT2D eigenvalue weighted by molar-refractivity contribution is 5.81. The fourth-order valence-corrected chi connectivity index (χ4v) is 3.61. The van der Waals surface area contributed by atoms with E-state index < -0.39 is 6.04 Å². The summed E-state index contributed by atoms with van der Waals surface area (Å²) in [4.78, 5) is 28.1. The second-order valence-electron chi connectivity index (χ2n) is 6.26. The lowest BCUT2D eigenvalue weighted by Crippen LogP contribution is -2.58. The summed E-state index contributed by atoms with van der Waals surface area (Å²) < 4.78 is 0. The number of piperidine rings is 2. The van der Waals surface area contributed by atoms with Gasteiger partial charge in [0.05, 0.1) is 6.04 Å². The van der Waals surface area contributed by atoms with Gasteiger partial charge < -0.3 is 15.5 Å².